The minimum atomic E-state index is -0.115. The molecule has 28 heavy (non-hydrogen) atoms. The predicted molar refractivity (Wildman–Crippen MR) is 110 cm³/mol. The number of carbonyl (C=O) groups excluding carboxylic acids is 1. The molecule has 1 aliphatic rings. The van der Waals surface area contributed by atoms with Crippen molar-refractivity contribution in [1.82, 2.24) is 0 Å². The molecule has 0 fully saturated rings. The molecule has 0 spiro atoms. The Bertz CT molecular complexity index is 921. The Balaban J connectivity index is 1.55. The van der Waals surface area contributed by atoms with Crippen LogP contribution in [0.2, 0.25) is 5.02 Å². The second-order valence-electron chi connectivity index (χ2n) is 6.60. The quantitative estimate of drug-likeness (QED) is 0.642. The molecule has 5 heteroatoms. The summed E-state index contributed by atoms with van der Waals surface area (Å²) in [6, 6.07) is 23.5. The van der Waals surface area contributed by atoms with E-state index < -0.39 is 0 Å². The zero-order valence-electron chi connectivity index (χ0n) is 15.2. The highest BCUT2D eigenvalue weighted by atomic mass is 35.5. The van der Waals surface area contributed by atoms with Crippen LogP contribution in [0.3, 0.4) is 0 Å². The van der Waals surface area contributed by atoms with E-state index in [1.807, 2.05) is 60.7 Å². The summed E-state index contributed by atoms with van der Waals surface area (Å²) in [4.78, 5) is 12.8. The third-order valence-electron chi connectivity index (χ3n) is 4.70. The summed E-state index contributed by atoms with van der Waals surface area (Å²) in [6.45, 7) is 0.969. The van der Waals surface area contributed by atoms with Crippen LogP contribution in [0.15, 0.2) is 72.8 Å². The van der Waals surface area contributed by atoms with Gasteiger partial charge < -0.3 is 14.8 Å². The van der Waals surface area contributed by atoms with E-state index in [2.05, 4.69) is 5.32 Å². The van der Waals surface area contributed by atoms with Gasteiger partial charge in [0.25, 0.3) is 0 Å². The summed E-state index contributed by atoms with van der Waals surface area (Å²) in [5, 5.41) is 3.35. The molecule has 1 N–H and O–H groups in total. The summed E-state index contributed by atoms with van der Waals surface area (Å²) in [6.07, 6.45) is 0.304. The van der Waals surface area contributed by atoms with E-state index in [0.29, 0.717) is 41.8 Å². The highest BCUT2D eigenvalue weighted by Gasteiger charge is 2.20. The lowest BCUT2D eigenvalue weighted by Crippen LogP contribution is -2.18. The lowest BCUT2D eigenvalue weighted by molar-refractivity contribution is -0.116. The Morgan fingerprint density at radius 3 is 2.00 bits per heavy atom. The Morgan fingerprint density at radius 2 is 1.43 bits per heavy atom. The molecular formula is C23H20ClNO3. The van der Waals surface area contributed by atoms with Crippen LogP contribution in [0, 0.1) is 0 Å². The van der Waals surface area contributed by atoms with Gasteiger partial charge in [-0.15, -0.1) is 0 Å². The Kier molecular flexibility index (Phi) is 5.49. The molecule has 142 valence electrons. The van der Waals surface area contributed by atoms with Crippen LogP contribution in [-0.4, -0.2) is 19.1 Å². The van der Waals surface area contributed by atoms with Gasteiger partial charge >= 0.3 is 0 Å². The minimum absolute atomic E-state index is 0.0432. The molecule has 0 aromatic heterocycles. The zero-order valence-corrected chi connectivity index (χ0v) is 16.0. The maximum atomic E-state index is 12.8. The molecule has 1 amide bonds. The zero-order chi connectivity index (χ0) is 19.3. The summed E-state index contributed by atoms with van der Waals surface area (Å²) in [7, 11) is 0. The number of hydrogen-bond donors (Lipinski definition) is 1. The van der Waals surface area contributed by atoms with Crippen molar-refractivity contribution in [2.24, 2.45) is 0 Å². The number of carbonyl (C=O) groups is 1. The van der Waals surface area contributed by atoms with Crippen molar-refractivity contribution in [3.63, 3.8) is 0 Å². The van der Waals surface area contributed by atoms with E-state index in [4.69, 9.17) is 21.1 Å². The molecule has 0 aliphatic carbocycles. The number of rotatable bonds is 5. The minimum Gasteiger partial charge on any atom is -0.486 e. The van der Waals surface area contributed by atoms with Gasteiger partial charge in [0, 0.05) is 24.5 Å². The summed E-state index contributed by atoms with van der Waals surface area (Å²) < 4.78 is 11.1. The summed E-state index contributed by atoms with van der Waals surface area (Å²) in [5.74, 6) is 1.03. The second kappa shape index (κ2) is 8.36. The van der Waals surface area contributed by atoms with Crippen LogP contribution < -0.4 is 14.8 Å². The van der Waals surface area contributed by atoms with E-state index >= 15 is 0 Å². The lowest BCUT2D eigenvalue weighted by Gasteiger charge is -2.21. The number of nitrogens with one attached hydrogen (secondary N) is 1. The van der Waals surface area contributed by atoms with Crippen molar-refractivity contribution >= 4 is 23.2 Å². The van der Waals surface area contributed by atoms with Gasteiger partial charge in [0.05, 0.1) is 10.7 Å². The molecule has 4 rings (SSSR count). The van der Waals surface area contributed by atoms with Gasteiger partial charge in [-0.3, -0.25) is 4.79 Å². The molecule has 0 saturated carbocycles. The molecule has 0 bridgehead atoms. The van der Waals surface area contributed by atoms with Crippen LogP contribution in [-0.2, 0) is 4.79 Å². The van der Waals surface area contributed by atoms with Crippen LogP contribution in [0.1, 0.15) is 23.5 Å². The van der Waals surface area contributed by atoms with Gasteiger partial charge in [0.1, 0.15) is 13.2 Å². The molecule has 3 aromatic carbocycles. The highest BCUT2D eigenvalue weighted by molar-refractivity contribution is 6.34. The van der Waals surface area contributed by atoms with Gasteiger partial charge in [-0.05, 0) is 11.1 Å². The maximum absolute atomic E-state index is 12.8. The fraction of sp³-hybridized carbons (Fsp3) is 0.174. The molecule has 3 aromatic rings. The number of hydrogen-bond acceptors (Lipinski definition) is 3. The lowest BCUT2D eigenvalue weighted by atomic mass is 9.88. The molecule has 0 saturated heterocycles. The van der Waals surface area contributed by atoms with Crippen molar-refractivity contribution in [3.05, 3.63) is 88.9 Å². The first-order valence-electron chi connectivity index (χ1n) is 9.19. The van der Waals surface area contributed by atoms with E-state index in [1.165, 1.54) is 0 Å². The third kappa shape index (κ3) is 4.12. The molecule has 0 atom stereocenters. The Labute approximate surface area is 169 Å². The predicted octanol–water partition coefficient (Wildman–Crippen LogP) is 5.27. The fourth-order valence-corrected chi connectivity index (χ4v) is 3.55. The topological polar surface area (TPSA) is 47.6 Å². The number of benzene rings is 3. The second-order valence-corrected chi connectivity index (χ2v) is 7.01. The largest absolute Gasteiger partial charge is 0.486 e. The average Bonchev–Trinajstić information content (AvgIpc) is 2.74. The summed E-state index contributed by atoms with van der Waals surface area (Å²) in [5.41, 5.74) is 2.71. The van der Waals surface area contributed by atoms with Crippen molar-refractivity contribution in [2.45, 2.75) is 12.3 Å². The molecule has 1 heterocycles. The number of halogens is 1. The van der Waals surface area contributed by atoms with Crippen LogP contribution >= 0.6 is 11.6 Å². The summed E-state index contributed by atoms with van der Waals surface area (Å²) >= 11 is 6.33. The van der Waals surface area contributed by atoms with Crippen molar-refractivity contribution in [1.29, 1.82) is 0 Å². The highest BCUT2D eigenvalue weighted by Crippen LogP contribution is 2.38. The molecule has 1 aliphatic heterocycles. The first-order chi connectivity index (χ1) is 13.7. The van der Waals surface area contributed by atoms with Crippen molar-refractivity contribution in [3.8, 4) is 11.5 Å². The smallest absolute Gasteiger partial charge is 0.225 e. The molecule has 0 radical (unpaired) electrons. The van der Waals surface area contributed by atoms with Gasteiger partial charge in [0.15, 0.2) is 11.5 Å². The van der Waals surface area contributed by atoms with Gasteiger partial charge in [-0.2, -0.15) is 0 Å². The number of fused-ring (bicyclic) bond motifs is 1. The Morgan fingerprint density at radius 1 is 0.893 bits per heavy atom. The van der Waals surface area contributed by atoms with E-state index in [9.17, 15) is 4.79 Å². The van der Waals surface area contributed by atoms with Crippen molar-refractivity contribution < 1.29 is 14.3 Å². The van der Waals surface area contributed by atoms with Crippen molar-refractivity contribution in [2.75, 3.05) is 18.5 Å². The first-order valence-corrected chi connectivity index (χ1v) is 9.57. The van der Waals surface area contributed by atoms with Crippen LogP contribution in [0.5, 0.6) is 11.5 Å². The number of ether oxygens (including phenoxy) is 2. The van der Waals surface area contributed by atoms with Crippen LogP contribution in [0.25, 0.3) is 0 Å². The third-order valence-corrected chi connectivity index (χ3v) is 5.01. The van der Waals surface area contributed by atoms with Crippen LogP contribution in [0.4, 0.5) is 5.69 Å². The Hall–Kier alpha value is -2.98. The molecule has 0 unspecified atom stereocenters. The van der Waals surface area contributed by atoms with E-state index in [0.717, 1.165) is 11.1 Å². The average molecular weight is 394 g/mol. The fourth-order valence-electron chi connectivity index (χ4n) is 3.35. The normalized spacial score (nSPS) is 12.6. The number of amides is 1. The van der Waals surface area contributed by atoms with E-state index in [1.54, 1.807) is 12.1 Å². The van der Waals surface area contributed by atoms with Gasteiger partial charge in [0.2, 0.25) is 5.91 Å². The monoisotopic (exact) mass is 393 g/mol. The van der Waals surface area contributed by atoms with Gasteiger partial charge in [-0.1, -0.05) is 72.3 Å². The SMILES string of the molecule is O=C(CC(c1ccccc1)c1ccccc1)Nc1cc2c(cc1Cl)OCCO2. The molecular weight excluding hydrogens is 374 g/mol. The van der Waals surface area contributed by atoms with E-state index in [-0.39, 0.29) is 11.8 Å². The standard InChI is InChI=1S/C23H20ClNO3/c24-19-14-21-22(28-12-11-27-21)15-20(19)25-23(26)13-18(16-7-3-1-4-8-16)17-9-5-2-6-10-17/h1-10,14-15,18H,11-13H2,(H,25,26). The number of anilines is 1. The first kappa shape index (κ1) is 18.4. The maximum Gasteiger partial charge on any atom is 0.225 e. The molecule has 4 nitrogen and oxygen atoms in total. The van der Waals surface area contributed by atoms with Gasteiger partial charge in [-0.25, -0.2) is 0 Å².